The van der Waals surface area contributed by atoms with Crippen molar-refractivity contribution < 1.29 is 19.2 Å². The fraction of sp³-hybridized carbons (Fsp3) is 0.174. The maximum absolute atomic E-state index is 12.8. The number of benzene rings is 2. The average molecular weight is 429 g/mol. The molecule has 5 rings (SSSR count). The van der Waals surface area contributed by atoms with Crippen LogP contribution in [0.3, 0.4) is 0 Å². The summed E-state index contributed by atoms with van der Waals surface area (Å²) in [6.45, 7) is 0.243. The van der Waals surface area contributed by atoms with Crippen LogP contribution >= 0.6 is 0 Å². The van der Waals surface area contributed by atoms with Crippen LogP contribution in [0.15, 0.2) is 61.1 Å². The lowest BCUT2D eigenvalue weighted by molar-refractivity contribution is -0.136. The van der Waals surface area contributed by atoms with Crippen molar-refractivity contribution >= 4 is 29.3 Å². The van der Waals surface area contributed by atoms with Crippen molar-refractivity contribution in [1.82, 2.24) is 19.8 Å². The van der Waals surface area contributed by atoms with Gasteiger partial charge in [-0.3, -0.25) is 24.5 Å². The van der Waals surface area contributed by atoms with Crippen LogP contribution in [0.5, 0.6) is 0 Å². The van der Waals surface area contributed by atoms with Crippen molar-refractivity contribution in [3.63, 3.8) is 0 Å². The van der Waals surface area contributed by atoms with E-state index in [1.165, 1.54) is 4.90 Å². The van der Waals surface area contributed by atoms with Gasteiger partial charge in [-0.25, -0.2) is 4.98 Å². The van der Waals surface area contributed by atoms with Crippen LogP contribution in [-0.4, -0.2) is 44.1 Å². The minimum atomic E-state index is -0.674. The Morgan fingerprint density at radius 3 is 2.69 bits per heavy atom. The molecule has 160 valence electrons. The highest BCUT2D eigenvalue weighted by Gasteiger charge is 2.39. The summed E-state index contributed by atoms with van der Waals surface area (Å²) in [7, 11) is 0. The summed E-state index contributed by atoms with van der Waals surface area (Å²) in [4.78, 5) is 54.7. The van der Waals surface area contributed by atoms with Gasteiger partial charge in [0.25, 0.3) is 11.8 Å². The van der Waals surface area contributed by atoms with E-state index in [1.54, 1.807) is 35.3 Å². The molecule has 2 aliphatic rings. The maximum Gasteiger partial charge on any atom is 0.275 e. The predicted molar refractivity (Wildman–Crippen MR) is 114 cm³/mol. The quantitative estimate of drug-likeness (QED) is 0.615. The Hall–Kier alpha value is -4.27. The van der Waals surface area contributed by atoms with Gasteiger partial charge < -0.3 is 14.8 Å². The number of imide groups is 1. The number of rotatable bonds is 4. The first-order valence-corrected chi connectivity index (χ1v) is 10.2. The summed E-state index contributed by atoms with van der Waals surface area (Å²) in [5.74, 6) is -1.40. The largest absolute Gasteiger partial charge is 0.322 e. The fourth-order valence-corrected chi connectivity index (χ4v) is 4.03. The number of fused-ring (bicyclic) bond motifs is 1. The second-order valence-corrected chi connectivity index (χ2v) is 7.73. The second kappa shape index (κ2) is 7.77. The summed E-state index contributed by atoms with van der Waals surface area (Å²) in [6, 6.07) is 13.9. The predicted octanol–water partition coefficient (Wildman–Crippen LogP) is 1.89. The molecular formula is C23H19N5O4. The molecule has 0 spiro atoms. The molecular weight excluding hydrogens is 410 g/mol. The number of carbonyl (C=O) groups is 4. The number of carbonyl (C=O) groups excluding carboxylic acids is 4. The first kappa shape index (κ1) is 19.7. The van der Waals surface area contributed by atoms with Gasteiger partial charge in [-0.1, -0.05) is 18.2 Å². The lowest BCUT2D eigenvalue weighted by atomic mass is 10.0. The highest BCUT2D eigenvalue weighted by molar-refractivity contribution is 6.06. The molecule has 9 heteroatoms. The molecule has 3 aromatic rings. The number of aromatic nitrogens is 2. The molecule has 3 heterocycles. The highest BCUT2D eigenvalue weighted by atomic mass is 16.2. The van der Waals surface area contributed by atoms with Crippen LogP contribution in [0.2, 0.25) is 0 Å². The molecule has 1 atom stereocenters. The Morgan fingerprint density at radius 2 is 1.91 bits per heavy atom. The first-order chi connectivity index (χ1) is 15.5. The van der Waals surface area contributed by atoms with Crippen LogP contribution in [0.25, 0.3) is 5.69 Å². The molecule has 9 nitrogen and oxygen atoms in total. The molecule has 0 aliphatic carbocycles. The van der Waals surface area contributed by atoms with Crippen LogP contribution in [0.1, 0.15) is 39.3 Å². The number of piperidine rings is 1. The number of hydrogen-bond acceptors (Lipinski definition) is 5. The Bertz CT molecular complexity index is 1250. The number of nitrogens with zero attached hydrogens (tertiary/aromatic N) is 3. The van der Waals surface area contributed by atoms with Gasteiger partial charge in [-0.2, -0.15) is 0 Å². The third kappa shape index (κ3) is 3.53. The SMILES string of the molecule is O=C1CCC(N2Cc3cc(NC(=O)c4cn(-c5ccccc5)cn4)ccc3C2=O)C(=O)N1. The fourth-order valence-electron chi connectivity index (χ4n) is 4.03. The van der Waals surface area contributed by atoms with Crippen molar-refractivity contribution in [1.29, 1.82) is 0 Å². The molecule has 0 radical (unpaired) electrons. The van der Waals surface area contributed by atoms with E-state index in [2.05, 4.69) is 15.6 Å². The van der Waals surface area contributed by atoms with Gasteiger partial charge in [0.15, 0.2) is 0 Å². The molecule has 2 N–H and O–H groups in total. The molecule has 1 aromatic heterocycles. The summed E-state index contributed by atoms with van der Waals surface area (Å²) in [5.41, 5.74) is 2.88. The standard InChI is InChI=1S/C23H19N5O4/c29-20-9-8-19(22(31)26-20)28-11-14-10-15(6-7-17(14)23(28)32)25-21(30)18-12-27(13-24-18)16-4-2-1-3-5-16/h1-7,10,12-13,19H,8-9,11H2,(H,25,30)(H,26,29,31). The van der Waals surface area contributed by atoms with Gasteiger partial charge in [0.2, 0.25) is 11.8 Å². The summed E-state index contributed by atoms with van der Waals surface area (Å²) < 4.78 is 1.76. The Kier molecular flexibility index (Phi) is 4.78. The van der Waals surface area contributed by atoms with Crippen molar-refractivity contribution in [2.45, 2.75) is 25.4 Å². The van der Waals surface area contributed by atoms with Gasteiger partial charge in [-0.05, 0) is 42.3 Å². The van der Waals surface area contributed by atoms with E-state index in [0.717, 1.165) is 5.69 Å². The van der Waals surface area contributed by atoms with Crippen molar-refractivity contribution in [3.05, 3.63) is 77.9 Å². The number of amides is 4. The van der Waals surface area contributed by atoms with Gasteiger partial charge in [0.1, 0.15) is 18.1 Å². The third-order valence-electron chi connectivity index (χ3n) is 5.65. The monoisotopic (exact) mass is 429 g/mol. The van der Waals surface area contributed by atoms with Crippen LogP contribution in [0.4, 0.5) is 5.69 Å². The molecule has 32 heavy (non-hydrogen) atoms. The van der Waals surface area contributed by atoms with E-state index in [4.69, 9.17) is 0 Å². The highest BCUT2D eigenvalue weighted by Crippen LogP contribution is 2.29. The van der Waals surface area contributed by atoms with Gasteiger partial charge in [0, 0.05) is 36.1 Å². The third-order valence-corrected chi connectivity index (χ3v) is 5.65. The number of para-hydroxylation sites is 1. The van der Waals surface area contributed by atoms with E-state index in [1.807, 2.05) is 30.3 Å². The first-order valence-electron chi connectivity index (χ1n) is 10.2. The lowest BCUT2D eigenvalue weighted by Crippen LogP contribution is -2.52. The summed E-state index contributed by atoms with van der Waals surface area (Å²) in [5, 5.41) is 5.09. The van der Waals surface area contributed by atoms with Gasteiger partial charge in [-0.15, -0.1) is 0 Å². The Balaban J connectivity index is 1.30. The molecule has 1 fully saturated rings. The minimum Gasteiger partial charge on any atom is -0.322 e. The molecule has 1 unspecified atom stereocenters. The summed E-state index contributed by atoms with van der Waals surface area (Å²) >= 11 is 0. The Labute approximate surface area is 183 Å². The lowest BCUT2D eigenvalue weighted by Gasteiger charge is -2.29. The zero-order valence-corrected chi connectivity index (χ0v) is 16.9. The van der Waals surface area contributed by atoms with E-state index < -0.39 is 11.9 Å². The average Bonchev–Trinajstić information content (AvgIpc) is 3.40. The minimum absolute atomic E-state index is 0.202. The normalized spacial score (nSPS) is 17.8. The van der Waals surface area contributed by atoms with Crippen molar-refractivity contribution in [2.75, 3.05) is 5.32 Å². The molecule has 2 aromatic carbocycles. The number of anilines is 1. The zero-order chi connectivity index (χ0) is 22.2. The van der Waals surface area contributed by atoms with E-state index in [9.17, 15) is 19.2 Å². The van der Waals surface area contributed by atoms with Crippen molar-refractivity contribution in [2.24, 2.45) is 0 Å². The number of hydrogen-bond donors (Lipinski definition) is 2. The second-order valence-electron chi connectivity index (χ2n) is 7.73. The number of nitrogens with one attached hydrogen (secondary N) is 2. The van der Waals surface area contributed by atoms with Crippen molar-refractivity contribution in [3.8, 4) is 5.69 Å². The molecule has 0 saturated carbocycles. The molecule has 1 saturated heterocycles. The molecule has 2 aliphatic heterocycles. The van der Waals surface area contributed by atoms with Crippen LogP contribution < -0.4 is 10.6 Å². The van der Waals surface area contributed by atoms with E-state index in [-0.39, 0.29) is 36.4 Å². The van der Waals surface area contributed by atoms with Gasteiger partial charge in [0.05, 0.1) is 0 Å². The van der Waals surface area contributed by atoms with Gasteiger partial charge >= 0.3 is 0 Å². The number of imidazole rings is 1. The smallest absolute Gasteiger partial charge is 0.275 e. The van der Waals surface area contributed by atoms with Crippen LogP contribution in [-0.2, 0) is 16.1 Å². The van der Waals surface area contributed by atoms with E-state index in [0.29, 0.717) is 23.2 Å². The Morgan fingerprint density at radius 1 is 1.09 bits per heavy atom. The van der Waals surface area contributed by atoms with E-state index >= 15 is 0 Å². The van der Waals surface area contributed by atoms with Crippen LogP contribution in [0, 0.1) is 0 Å². The molecule has 4 amide bonds. The molecule has 0 bridgehead atoms. The zero-order valence-electron chi connectivity index (χ0n) is 16.9. The maximum atomic E-state index is 12.8. The topological polar surface area (TPSA) is 113 Å². The summed E-state index contributed by atoms with van der Waals surface area (Å²) in [6.07, 6.45) is 3.72.